The van der Waals surface area contributed by atoms with Gasteiger partial charge >= 0.3 is 15.4 Å². The highest BCUT2D eigenvalue weighted by molar-refractivity contribution is 7.63. The van der Waals surface area contributed by atoms with Gasteiger partial charge in [-0.25, -0.2) is 8.88 Å². The molecule has 0 aliphatic heterocycles. The lowest BCUT2D eigenvalue weighted by Gasteiger charge is -2.12. The highest BCUT2D eigenvalue weighted by Gasteiger charge is 2.30. The average Bonchev–Trinajstić information content (AvgIpc) is 1.78. The molecule has 0 saturated heterocycles. The van der Waals surface area contributed by atoms with E-state index in [1.807, 2.05) is 0 Å². The van der Waals surface area contributed by atoms with Gasteiger partial charge < -0.3 is 19.4 Å². The second kappa shape index (κ2) is 5.19. The SMILES string of the molecule is C=C(C)COCP(=O)(O)OP(=O)(O)O. The summed E-state index contributed by atoms with van der Waals surface area (Å²) in [5.41, 5.74) is 0.612. The van der Waals surface area contributed by atoms with Crippen LogP contribution in [0.15, 0.2) is 12.2 Å². The lowest BCUT2D eigenvalue weighted by molar-refractivity contribution is 0.173. The van der Waals surface area contributed by atoms with Crippen LogP contribution in [0, 0.1) is 0 Å². The summed E-state index contributed by atoms with van der Waals surface area (Å²) in [5.74, 6) is 0. The van der Waals surface area contributed by atoms with Gasteiger partial charge in [0.25, 0.3) is 0 Å². The molecule has 0 heterocycles. The van der Waals surface area contributed by atoms with Gasteiger partial charge in [-0.1, -0.05) is 12.2 Å². The quantitative estimate of drug-likeness (QED) is 0.469. The van der Waals surface area contributed by atoms with Crippen molar-refractivity contribution in [2.75, 3.05) is 13.0 Å². The van der Waals surface area contributed by atoms with Gasteiger partial charge in [-0.2, -0.15) is 0 Å². The first-order chi connectivity index (χ1) is 6.12. The molecular weight excluding hydrogens is 234 g/mol. The number of phosphoric acid groups is 1. The van der Waals surface area contributed by atoms with Crippen LogP contribution < -0.4 is 0 Å². The maximum atomic E-state index is 10.9. The molecule has 0 aromatic carbocycles. The molecule has 0 saturated carbocycles. The normalized spacial score (nSPS) is 16.3. The van der Waals surface area contributed by atoms with E-state index in [0.717, 1.165) is 0 Å². The Kier molecular flexibility index (Phi) is 5.19. The molecular formula is C5H12O7P2. The van der Waals surface area contributed by atoms with Gasteiger partial charge in [0.1, 0.15) is 6.35 Å². The number of ether oxygens (including phenoxy) is 1. The van der Waals surface area contributed by atoms with Crippen LogP contribution in [0.25, 0.3) is 0 Å². The van der Waals surface area contributed by atoms with Crippen molar-refractivity contribution in [2.24, 2.45) is 0 Å². The Balaban J connectivity index is 4.03. The molecule has 0 aromatic heterocycles. The van der Waals surface area contributed by atoms with E-state index < -0.39 is 21.8 Å². The van der Waals surface area contributed by atoms with Crippen molar-refractivity contribution < 1.29 is 32.9 Å². The first-order valence-electron chi connectivity index (χ1n) is 3.43. The van der Waals surface area contributed by atoms with E-state index in [-0.39, 0.29) is 6.61 Å². The second-order valence-corrected chi connectivity index (χ2v) is 5.81. The zero-order valence-electron chi connectivity index (χ0n) is 7.49. The summed E-state index contributed by atoms with van der Waals surface area (Å²) in [6, 6.07) is 0. The Bertz CT molecular complexity index is 292. The lowest BCUT2D eigenvalue weighted by atomic mass is 10.4. The molecule has 0 radical (unpaired) electrons. The van der Waals surface area contributed by atoms with Gasteiger partial charge in [0.05, 0.1) is 6.61 Å². The monoisotopic (exact) mass is 246 g/mol. The third-order valence-corrected chi connectivity index (χ3v) is 3.22. The lowest BCUT2D eigenvalue weighted by Crippen LogP contribution is -2.00. The van der Waals surface area contributed by atoms with Crippen LogP contribution in [0.5, 0.6) is 0 Å². The minimum absolute atomic E-state index is 0.0229. The van der Waals surface area contributed by atoms with Crippen molar-refractivity contribution in [1.29, 1.82) is 0 Å². The number of rotatable bonds is 6. The minimum Gasteiger partial charge on any atom is -0.364 e. The van der Waals surface area contributed by atoms with E-state index in [0.29, 0.717) is 5.57 Å². The first-order valence-corrected chi connectivity index (χ1v) is 6.72. The van der Waals surface area contributed by atoms with E-state index in [2.05, 4.69) is 15.6 Å². The number of hydrogen-bond acceptors (Lipinski definition) is 4. The van der Waals surface area contributed by atoms with E-state index in [1.165, 1.54) is 0 Å². The van der Waals surface area contributed by atoms with Crippen LogP contribution in [0.3, 0.4) is 0 Å². The van der Waals surface area contributed by atoms with Crippen molar-refractivity contribution in [3.05, 3.63) is 12.2 Å². The summed E-state index contributed by atoms with van der Waals surface area (Å²) < 4.78 is 29.4. The van der Waals surface area contributed by atoms with Crippen molar-refractivity contribution in [1.82, 2.24) is 0 Å². The third-order valence-electron chi connectivity index (χ3n) is 0.837. The molecule has 1 unspecified atom stereocenters. The smallest absolute Gasteiger partial charge is 0.364 e. The molecule has 7 nitrogen and oxygen atoms in total. The fourth-order valence-corrected chi connectivity index (χ4v) is 2.37. The summed E-state index contributed by atoms with van der Waals surface area (Å²) in [6.07, 6.45) is -0.787. The summed E-state index contributed by atoms with van der Waals surface area (Å²) in [4.78, 5) is 25.3. The highest BCUT2D eigenvalue weighted by atomic mass is 31.3. The zero-order valence-corrected chi connectivity index (χ0v) is 9.28. The largest absolute Gasteiger partial charge is 0.476 e. The van der Waals surface area contributed by atoms with Crippen LogP contribution in [0.2, 0.25) is 0 Å². The van der Waals surface area contributed by atoms with Crippen LogP contribution >= 0.6 is 15.4 Å². The topological polar surface area (TPSA) is 113 Å². The second-order valence-electron chi connectivity index (χ2n) is 2.64. The minimum atomic E-state index is -4.97. The van der Waals surface area contributed by atoms with Gasteiger partial charge in [0.2, 0.25) is 0 Å². The Morgan fingerprint density at radius 3 is 2.21 bits per heavy atom. The van der Waals surface area contributed by atoms with Crippen LogP contribution in [0.1, 0.15) is 6.92 Å². The van der Waals surface area contributed by atoms with Crippen molar-refractivity contribution in [3.8, 4) is 0 Å². The van der Waals surface area contributed by atoms with Crippen molar-refractivity contribution in [2.45, 2.75) is 6.92 Å². The summed E-state index contributed by atoms with van der Waals surface area (Å²) >= 11 is 0. The molecule has 84 valence electrons. The molecule has 0 rings (SSSR count). The molecule has 0 bridgehead atoms. The fraction of sp³-hybridized carbons (Fsp3) is 0.600. The molecule has 3 N–H and O–H groups in total. The van der Waals surface area contributed by atoms with E-state index in [9.17, 15) is 9.13 Å². The molecule has 0 spiro atoms. The van der Waals surface area contributed by atoms with Crippen molar-refractivity contribution >= 4 is 15.4 Å². The first kappa shape index (κ1) is 14.0. The predicted octanol–water partition coefficient (Wildman–Crippen LogP) is 0.831. The Morgan fingerprint density at radius 1 is 1.36 bits per heavy atom. The summed E-state index contributed by atoms with van der Waals surface area (Å²) in [6.45, 7) is 5.11. The molecule has 0 aromatic rings. The Morgan fingerprint density at radius 2 is 1.86 bits per heavy atom. The van der Waals surface area contributed by atoms with Crippen molar-refractivity contribution in [3.63, 3.8) is 0 Å². The Hall–Kier alpha value is -0.0000000000000000416. The molecule has 9 heteroatoms. The molecule has 0 aliphatic carbocycles. The molecule has 0 fully saturated rings. The van der Waals surface area contributed by atoms with Gasteiger partial charge in [-0.3, -0.25) is 4.57 Å². The molecule has 0 aliphatic rings. The van der Waals surface area contributed by atoms with Crippen LogP contribution in [0.4, 0.5) is 0 Å². The van der Waals surface area contributed by atoms with E-state index in [4.69, 9.17) is 14.7 Å². The number of hydrogen-bond donors (Lipinski definition) is 3. The average molecular weight is 246 g/mol. The zero-order chi connectivity index (χ0) is 11.4. The summed E-state index contributed by atoms with van der Waals surface area (Å²) in [7, 11) is -9.36. The third kappa shape index (κ3) is 8.59. The van der Waals surface area contributed by atoms with Gasteiger partial charge in [0.15, 0.2) is 0 Å². The van der Waals surface area contributed by atoms with Gasteiger partial charge in [-0.05, 0) is 6.92 Å². The fourth-order valence-electron chi connectivity index (χ4n) is 0.525. The molecule has 14 heavy (non-hydrogen) atoms. The summed E-state index contributed by atoms with van der Waals surface area (Å²) in [5, 5.41) is 0. The van der Waals surface area contributed by atoms with E-state index >= 15 is 0 Å². The van der Waals surface area contributed by atoms with Gasteiger partial charge in [-0.15, -0.1) is 0 Å². The Labute approximate surface area is 81.1 Å². The highest BCUT2D eigenvalue weighted by Crippen LogP contribution is 2.56. The molecule has 0 amide bonds. The standard InChI is InChI=1S/C5H12O7P2/c1-5(2)3-11-4-13(6,7)12-14(8,9)10/h1,3-4H2,2H3,(H,6,7)(H2,8,9,10). The molecule has 1 atom stereocenters. The predicted molar refractivity (Wildman–Crippen MR) is 48.6 cm³/mol. The van der Waals surface area contributed by atoms with E-state index in [1.54, 1.807) is 6.92 Å². The maximum Gasteiger partial charge on any atom is 0.476 e. The van der Waals surface area contributed by atoms with Crippen LogP contribution in [-0.2, 0) is 18.2 Å². The van der Waals surface area contributed by atoms with Gasteiger partial charge in [0, 0.05) is 0 Å². The van der Waals surface area contributed by atoms with Crippen LogP contribution in [-0.4, -0.2) is 27.6 Å². The maximum absolute atomic E-state index is 10.9.